The molecule has 0 aliphatic heterocycles. The third-order valence-electron chi connectivity index (χ3n) is 3.59. The number of anilines is 1. The highest BCUT2D eigenvalue weighted by molar-refractivity contribution is 6.42. The van der Waals surface area contributed by atoms with Gasteiger partial charge in [-0.25, -0.2) is 4.98 Å². The van der Waals surface area contributed by atoms with Crippen LogP contribution in [0.5, 0.6) is 0 Å². The van der Waals surface area contributed by atoms with Crippen LogP contribution in [0.15, 0.2) is 42.5 Å². The van der Waals surface area contributed by atoms with Crippen molar-refractivity contribution in [2.24, 2.45) is 0 Å². The van der Waals surface area contributed by atoms with Gasteiger partial charge in [0.1, 0.15) is 17.5 Å². The van der Waals surface area contributed by atoms with Gasteiger partial charge in [-0.15, -0.1) is 0 Å². The number of hydrogen-bond donors (Lipinski definition) is 1. The lowest BCUT2D eigenvalue weighted by Crippen LogP contribution is -2.00. The first-order chi connectivity index (χ1) is 11.9. The van der Waals surface area contributed by atoms with Crippen molar-refractivity contribution in [2.75, 3.05) is 5.73 Å². The summed E-state index contributed by atoms with van der Waals surface area (Å²) in [6, 6.07) is 13.9. The van der Waals surface area contributed by atoms with Crippen molar-refractivity contribution < 1.29 is 0 Å². The van der Waals surface area contributed by atoms with Crippen molar-refractivity contribution in [2.45, 2.75) is 0 Å². The van der Waals surface area contributed by atoms with E-state index in [0.717, 1.165) is 0 Å². The first kappa shape index (κ1) is 17.8. The lowest BCUT2D eigenvalue weighted by atomic mass is 9.98. The second-order valence-corrected chi connectivity index (χ2v) is 6.84. The van der Waals surface area contributed by atoms with E-state index in [4.69, 9.17) is 52.1 Å². The number of nitrogens with two attached hydrogens (primary N) is 1. The van der Waals surface area contributed by atoms with Crippen molar-refractivity contribution in [1.82, 2.24) is 4.98 Å². The van der Waals surface area contributed by atoms with E-state index in [0.29, 0.717) is 42.5 Å². The third-order valence-corrected chi connectivity index (χ3v) is 4.90. The lowest BCUT2D eigenvalue weighted by molar-refractivity contribution is 1.31. The largest absolute Gasteiger partial charge is 0.383 e. The Labute approximate surface area is 164 Å². The molecule has 0 bridgehead atoms. The van der Waals surface area contributed by atoms with Crippen molar-refractivity contribution in [1.29, 1.82) is 5.26 Å². The minimum absolute atomic E-state index is 0.0946. The van der Waals surface area contributed by atoms with Crippen LogP contribution in [0.3, 0.4) is 0 Å². The molecule has 1 heterocycles. The number of benzene rings is 2. The Morgan fingerprint density at radius 2 is 1.56 bits per heavy atom. The molecular formula is C18H9Cl4N3. The summed E-state index contributed by atoms with van der Waals surface area (Å²) in [6.07, 6.45) is 0. The van der Waals surface area contributed by atoms with E-state index in [9.17, 15) is 5.26 Å². The number of halogens is 4. The van der Waals surface area contributed by atoms with E-state index in [1.807, 2.05) is 0 Å². The zero-order valence-electron chi connectivity index (χ0n) is 12.5. The molecular weight excluding hydrogens is 400 g/mol. The minimum Gasteiger partial charge on any atom is -0.383 e. The zero-order chi connectivity index (χ0) is 18.1. The number of pyridine rings is 1. The second kappa shape index (κ2) is 7.11. The van der Waals surface area contributed by atoms with Crippen molar-refractivity contribution >= 4 is 52.2 Å². The maximum Gasteiger partial charge on any atom is 0.142 e. The fourth-order valence-corrected chi connectivity index (χ4v) is 3.09. The van der Waals surface area contributed by atoms with E-state index in [1.54, 1.807) is 42.5 Å². The molecule has 124 valence electrons. The van der Waals surface area contributed by atoms with Gasteiger partial charge in [-0.1, -0.05) is 52.5 Å². The molecule has 0 saturated heterocycles. The van der Waals surface area contributed by atoms with Gasteiger partial charge in [0.05, 0.1) is 20.8 Å². The smallest absolute Gasteiger partial charge is 0.142 e. The Morgan fingerprint density at radius 3 is 2.24 bits per heavy atom. The summed E-state index contributed by atoms with van der Waals surface area (Å²) in [4.78, 5) is 4.30. The lowest BCUT2D eigenvalue weighted by Gasteiger charge is -2.12. The van der Waals surface area contributed by atoms with Crippen LogP contribution in [-0.2, 0) is 0 Å². The highest BCUT2D eigenvalue weighted by Crippen LogP contribution is 2.36. The van der Waals surface area contributed by atoms with Crippen LogP contribution < -0.4 is 5.73 Å². The van der Waals surface area contributed by atoms with E-state index < -0.39 is 0 Å². The molecule has 2 aromatic carbocycles. The number of rotatable bonds is 2. The molecule has 0 fully saturated rings. The molecule has 0 unspecified atom stereocenters. The number of aromatic nitrogens is 1. The molecule has 0 amide bonds. The number of nitriles is 1. The predicted octanol–water partition coefficient (Wildman–Crippen LogP) is 6.48. The van der Waals surface area contributed by atoms with Crippen LogP contribution in [0.4, 0.5) is 5.82 Å². The van der Waals surface area contributed by atoms with Gasteiger partial charge in [-0.05, 0) is 42.0 Å². The molecule has 3 aromatic rings. The Balaban J connectivity index is 2.28. The normalized spacial score (nSPS) is 10.5. The Morgan fingerprint density at radius 1 is 0.840 bits per heavy atom. The second-order valence-electron chi connectivity index (χ2n) is 5.18. The average Bonchev–Trinajstić information content (AvgIpc) is 2.58. The van der Waals surface area contributed by atoms with Crippen LogP contribution in [0.25, 0.3) is 22.4 Å². The van der Waals surface area contributed by atoms with E-state index in [-0.39, 0.29) is 11.4 Å². The highest BCUT2D eigenvalue weighted by Gasteiger charge is 2.16. The maximum atomic E-state index is 9.47. The van der Waals surface area contributed by atoms with Crippen LogP contribution in [-0.4, -0.2) is 4.98 Å². The summed E-state index contributed by atoms with van der Waals surface area (Å²) in [7, 11) is 0. The molecule has 2 N–H and O–H groups in total. The Kier molecular flexibility index (Phi) is 5.08. The summed E-state index contributed by atoms with van der Waals surface area (Å²) in [5, 5.41) is 11.3. The predicted molar refractivity (Wildman–Crippen MR) is 104 cm³/mol. The number of nitrogen functional groups attached to an aromatic ring is 1. The van der Waals surface area contributed by atoms with Gasteiger partial charge >= 0.3 is 0 Å². The molecule has 3 nitrogen and oxygen atoms in total. The zero-order valence-corrected chi connectivity index (χ0v) is 15.5. The van der Waals surface area contributed by atoms with Crippen molar-refractivity contribution in [3.05, 3.63) is 68.1 Å². The summed E-state index contributed by atoms with van der Waals surface area (Å²) < 4.78 is 0. The van der Waals surface area contributed by atoms with Crippen LogP contribution in [0, 0.1) is 11.3 Å². The molecule has 7 heteroatoms. The van der Waals surface area contributed by atoms with Crippen molar-refractivity contribution in [3.8, 4) is 28.5 Å². The standard InChI is InChI=1S/C18H9Cl4N3/c19-10-2-4-14(20)12(6-10)17-7-11(13(8-23)18(24)25-17)9-1-3-15(21)16(22)5-9/h1-7H,(H2,24,25). The van der Waals surface area contributed by atoms with Gasteiger partial charge < -0.3 is 5.73 Å². The molecule has 25 heavy (non-hydrogen) atoms. The van der Waals surface area contributed by atoms with Gasteiger partial charge in [0, 0.05) is 16.1 Å². The summed E-state index contributed by atoms with van der Waals surface area (Å²) in [5.41, 5.74) is 8.64. The molecule has 0 aliphatic carbocycles. The quantitative estimate of drug-likeness (QED) is 0.527. The fourth-order valence-electron chi connectivity index (χ4n) is 2.41. The van der Waals surface area contributed by atoms with Crippen LogP contribution >= 0.6 is 46.4 Å². The maximum absolute atomic E-state index is 9.47. The number of nitrogens with zero attached hydrogens (tertiary/aromatic N) is 2. The van der Waals surface area contributed by atoms with Gasteiger partial charge in [0.25, 0.3) is 0 Å². The minimum atomic E-state index is 0.0946. The molecule has 3 rings (SSSR count). The number of hydrogen-bond acceptors (Lipinski definition) is 3. The Bertz CT molecular complexity index is 1030. The van der Waals surface area contributed by atoms with Gasteiger partial charge in [0.15, 0.2) is 0 Å². The first-order valence-corrected chi connectivity index (χ1v) is 8.53. The highest BCUT2D eigenvalue weighted by atomic mass is 35.5. The molecule has 0 saturated carbocycles. The monoisotopic (exact) mass is 407 g/mol. The molecule has 0 radical (unpaired) electrons. The van der Waals surface area contributed by atoms with Crippen LogP contribution in [0.2, 0.25) is 20.1 Å². The third kappa shape index (κ3) is 3.53. The van der Waals surface area contributed by atoms with Gasteiger partial charge in [-0.2, -0.15) is 5.26 Å². The first-order valence-electron chi connectivity index (χ1n) is 7.02. The van der Waals surface area contributed by atoms with E-state index in [1.165, 1.54) is 0 Å². The van der Waals surface area contributed by atoms with Gasteiger partial charge in [-0.3, -0.25) is 0 Å². The molecule has 0 spiro atoms. The fraction of sp³-hybridized carbons (Fsp3) is 0. The molecule has 0 atom stereocenters. The van der Waals surface area contributed by atoms with E-state index in [2.05, 4.69) is 11.1 Å². The van der Waals surface area contributed by atoms with Crippen molar-refractivity contribution in [3.63, 3.8) is 0 Å². The SMILES string of the molecule is N#Cc1c(-c2ccc(Cl)c(Cl)c2)cc(-c2cc(Cl)ccc2Cl)nc1N. The molecule has 0 aliphatic rings. The summed E-state index contributed by atoms with van der Waals surface area (Å²) in [6.45, 7) is 0. The topological polar surface area (TPSA) is 62.7 Å². The summed E-state index contributed by atoms with van der Waals surface area (Å²) in [5.74, 6) is 0.0946. The van der Waals surface area contributed by atoms with Gasteiger partial charge in [0.2, 0.25) is 0 Å². The Hall–Kier alpha value is -1.96. The van der Waals surface area contributed by atoms with E-state index >= 15 is 0 Å². The average molecular weight is 409 g/mol. The summed E-state index contributed by atoms with van der Waals surface area (Å²) >= 11 is 24.4. The van der Waals surface area contributed by atoms with Crippen LogP contribution in [0.1, 0.15) is 5.56 Å². The molecule has 1 aromatic heterocycles.